The first-order valence-corrected chi connectivity index (χ1v) is 6.27. The lowest BCUT2D eigenvalue weighted by Gasteiger charge is -1.97. The molecule has 0 aromatic carbocycles. The summed E-state index contributed by atoms with van der Waals surface area (Å²) in [5, 5.41) is 0. The fourth-order valence-corrected chi connectivity index (χ4v) is 1.68. The Hall–Kier alpha value is -0.790. The normalized spacial score (nSPS) is 15.7. The highest BCUT2D eigenvalue weighted by Crippen LogP contribution is 2.07. The first-order chi connectivity index (χ1) is 7.43. The van der Waals surface area contributed by atoms with Crippen molar-refractivity contribution in [1.29, 1.82) is 0 Å². The van der Waals surface area contributed by atoms with Crippen LogP contribution in [-0.2, 0) is 4.74 Å². The van der Waals surface area contributed by atoms with E-state index in [4.69, 9.17) is 4.74 Å². The van der Waals surface area contributed by atoms with Gasteiger partial charge in [-0.05, 0) is 18.9 Å². The zero-order valence-corrected chi connectivity index (χ0v) is 9.87. The van der Waals surface area contributed by atoms with Crippen LogP contribution in [0.5, 0.6) is 0 Å². The molecule has 1 aliphatic heterocycles. The summed E-state index contributed by atoms with van der Waals surface area (Å²) in [6.07, 6.45) is 13.5. The Morgan fingerprint density at radius 3 is 2.73 bits per heavy atom. The van der Waals surface area contributed by atoms with Gasteiger partial charge in [-0.15, -0.1) is 0 Å². The van der Waals surface area contributed by atoms with Crippen molar-refractivity contribution in [2.75, 3.05) is 13.2 Å². The van der Waals surface area contributed by atoms with Gasteiger partial charge in [-0.25, -0.2) is 4.99 Å². The summed E-state index contributed by atoms with van der Waals surface area (Å²) in [5.74, 6) is 0.820. The highest BCUT2D eigenvalue weighted by atomic mass is 16.5. The molecule has 0 atom stereocenters. The summed E-state index contributed by atoms with van der Waals surface area (Å²) in [5.41, 5.74) is 0. The van der Waals surface area contributed by atoms with Crippen molar-refractivity contribution in [2.24, 2.45) is 4.99 Å². The van der Waals surface area contributed by atoms with Crippen LogP contribution in [0.15, 0.2) is 17.1 Å². The highest BCUT2D eigenvalue weighted by molar-refractivity contribution is 5.88. The van der Waals surface area contributed by atoms with Crippen LogP contribution in [0, 0.1) is 0 Å². The monoisotopic (exact) mass is 209 g/mol. The molecule has 15 heavy (non-hydrogen) atoms. The number of hydrogen-bond acceptors (Lipinski definition) is 2. The minimum atomic E-state index is 0.761. The molecule has 1 aliphatic rings. The SMILES string of the molecule is CCCCCCCCC=CC1=NCCO1. The fourth-order valence-electron chi connectivity index (χ4n) is 1.68. The molecule has 86 valence electrons. The van der Waals surface area contributed by atoms with Gasteiger partial charge in [0.05, 0.1) is 6.54 Å². The molecule has 0 unspecified atom stereocenters. The molecule has 0 bridgehead atoms. The summed E-state index contributed by atoms with van der Waals surface area (Å²) < 4.78 is 5.28. The Balaban J connectivity index is 1.88. The van der Waals surface area contributed by atoms with Gasteiger partial charge in [0, 0.05) is 0 Å². The molecule has 0 amide bonds. The van der Waals surface area contributed by atoms with Gasteiger partial charge >= 0.3 is 0 Å². The maximum absolute atomic E-state index is 5.28. The second-order valence-electron chi connectivity index (χ2n) is 4.03. The number of hydrogen-bond donors (Lipinski definition) is 0. The van der Waals surface area contributed by atoms with Crippen molar-refractivity contribution in [2.45, 2.75) is 51.9 Å². The molecule has 2 heteroatoms. The quantitative estimate of drug-likeness (QED) is 0.558. The van der Waals surface area contributed by atoms with Gasteiger partial charge in [0.2, 0.25) is 5.90 Å². The minimum Gasteiger partial charge on any atom is -0.476 e. The minimum absolute atomic E-state index is 0.761. The van der Waals surface area contributed by atoms with Crippen molar-refractivity contribution in [3.05, 3.63) is 12.2 Å². The van der Waals surface area contributed by atoms with Crippen molar-refractivity contribution in [1.82, 2.24) is 0 Å². The zero-order valence-electron chi connectivity index (χ0n) is 9.87. The highest BCUT2D eigenvalue weighted by Gasteiger charge is 2.00. The molecule has 1 heterocycles. The van der Waals surface area contributed by atoms with Crippen LogP contribution >= 0.6 is 0 Å². The number of ether oxygens (including phenoxy) is 1. The molecule has 0 saturated heterocycles. The molecule has 0 N–H and O–H groups in total. The van der Waals surface area contributed by atoms with Crippen molar-refractivity contribution in [3.63, 3.8) is 0 Å². The number of nitrogens with zero attached hydrogens (tertiary/aromatic N) is 1. The van der Waals surface area contributed by atoms with E-state index in [-0.39, 0.29) is 0 Å². The van der Waals surface area contributed by atoms with E-state index in [2.05, 4.69) is 18.0 Å². The maximum atomic E-state index is 5.28. The molecule has 2 nitrogen and oxygen atoms in total. The lowest BCUT2D eigenvalue weighted by molar-refractivity contribution is 0.350. The number of allylic oxidation sites excluding steroid dienone is 1. The Bertz CT molecular complexity index is 209. The summed E-state index contributed by atoms with van der Waals surface area (Å²) in [6.45, 7) is 3.85. The standard InChI is InChI=1S/C13H23NO/c1-2-3-4-5-6-7-8-9-10-13-14-11-12-15-13/h9-10H,2-8,11-12H2,1H3. The van der Waals surface area contributed by atoms with E-state index in [0.717, 1.165) is 25.5 Å². The van der Waals surface area contributed by atoms with E-state index in [9.17, 15) is 0 Å². The fraction of sp³-hybridized carbons (Fsp3) is 0.769. The average Bonchev–Trinajstić information content (AvgIpc) is 2.75. The third kappa shape index (κ3) is 6.32. The molecule has 0 fully saturated rings. The lowest BCUT2D eigenvalue weighted by atomic mass is 10.1. The van der Waals surface area contributed by atoms with Crippen LogP contribution in [0.4, 0.5) is 0 Å². The van der Waals surface area contributed by atoms with Gasteiger partial charge in [-0.2, -0.15) is 0 Å². The topological polar surface area (TPSA) is 21.6 Å². The van der Waals surface area contributed by atoms with E-state index in [1.54, 1.807) is 0 Å². The number of unbranched alkanes of at least 4 members (excludes halogenated alkanes) is 6. The molecule has 0 radical (unpaired) electrons. The molecule has 1 rings (SSSR count). The van der Waals surface area contributed by atoms with E-state index < -0.39 is 0 Å². The van der Waals surface area contributed by atoms with Crippen LogP contribution in [0.25, 0.3) is 0 Å². The third-order valence-corrected chi connectivity index (χ3v) is 2.59. The van der Waals surface area contributed by atoms with E-state index in [1.807, 2.05) is 6.08 Å². The van der Waals surface area contributed by atoms with Gasteiger partial charge in [0.1, 0.15) is 6.61 Å². The Morgan fingerprint density at radius 2 is 2.00 bits per heavy atom. The molecule has 0 aromatic rings. The van der Waals surface area contributed by atoms with Gasteiger partial charge in [-0.3, -0.25) is 0 Å². The Kier molecular flexibility index (Phi) is 6.97. The van der Waals surface area contributed by atoms with Gasteiger partial charge < -0.3 is 4.74 Å². The number of rotatable bonds is 8. The summed E-state index contributed by atoms with van der Waals surface area (Å²) >= 11 is 0. The molecule has 0 aromatic heterocycles. The second-order valence-corrected chi connectivity index (χ2v) is 4.03. The average molecular weight is 209 g/mol. The first-order valence-electron chi connectivity index (χ1n) is 6.27. The van der Waals surface area contributed by atoms with Gasteiger partial charge in [-0.1, -0.05) is 45.1 Å². The van der Waals surface area contributed by atoms with E-state index >= 15 is 0 Å². The predicted molar refractivity (Wildman–Crippen MR) is 65.4 cm³/mol. The van der Waals surface area contributed by atoms with Crippen molar-refractivity contribution < 1.29 is 4.74 Å². The maximum Gasteiger partial charge on any atom is 0.208 e. The van der Waals surface area contributed by atoms with Crippen LogP contribution in [-0.4, -0.2) is 19.0 Å². The van der Waals surface area contributed by atoms with Gasteiger partial charge in [0.25, 0.3) is 0 Å². The smallest absolute Gasteiger partial charge is 0.208 e. The van der Waals surface area contributed by atoms with Crippen LogP contribution in [0.2, 0.25) is 0 Å². The first kappa shape index (κ1) is 12.3. The summed E-state index contributed by atoms with van der Waals surface area (Å²) in [4.78, 5) is 4.20. The summed E-state index contributed by atoms with van der Waals surface area (Å²) in [7, 11) is 0. The molecule has 0 aliphatic carbocycles. The Morgan fingerprint density at radius 1 is 1.20 bits per heavy atom. The largest absolute Gasteiger partial charge is 0.476 e. The third-order valence-electron chi connectivity index (χ3n) is 2.59. The summed E-state index contributed by atoms with van der Waals surface area (Å²) in [6, 6.07) is 0. The van der Waals surface area contributed by atoms with Gasteiger partial charge in [0.15, 0.2) is 0 Å². The molecular formula is C13H23NO. The molecule has 0 saturated carbocycles. The molecular weight excluding hydrogens is 186 g/mol. The van der Waals surface area contributed by atoms with Crippen LogP contribution < -0.4 is 0 Å². The van der Waals surface area contributed by atoms with E-state index in [0.29, 0.717) is 0 Å². The lowest BCUT2D eigenvalue weighted by Crippen LogP contribution is -1.92. The van der Waals surface area contributed by atoms with Crippen LogP contribution in [0.3, 0.4) is 0 Å². The van der Waals surface area contributed by atoms with Crippen molar-refractivity contribution in [3.8, 4) is 0 Å². The molecule has 0 spiro atoms. The predicted octanol–water partition coefficient (Wildman–Crippen LogP) is 3.72. The Labute approximate surface area is 93.4 Å². The zero-order chi connectivity index (χ0) is 10.8. The van der Waals surface area contributed by atoms with Crippen LogP contribution in [0.1, 0.15) is 51.9 Å². The van der Waals surface area contributed by atoms with E-state index in [1.165, 1.54) is 38.5 Å². The number of aliphatic imine (C=N–C) groups is 1. The van der Waals surface area contributed by atoms with Crippen molar-refractivity contribution >= 4 is 5.90 Å². The second kappa shape index (κ2) is 8.51.